The third-order valence-electron chi connectivity index (χ3n) is 3.02. The molecule has 0 atom stereocenters. The molecule has 0 aliphatic rings. The molecule has 0 unspecified atom stereocenters. The summed E-state index contributed by atoms with van der Waals surface area (Å²) in [5.41, 5.74) is 0.795. The second-order valence-corrected chi connectivity index (χ2v) is 5.27. The maximum atomic E-state index is 13.1. The van der Waals surface area contributed by atoms with Gasteiger partial charge in [0, 0.05) is 22.3 Å². The minimum Gasteiger partial charge on any atom is -0.324 e. The molecular weight excluding hydrogens is 340 g/mol. The molecule has 3 rings (SSSR count). The molecule has 1 amide bonds. The van der Waals surface area contributed by atoms with Crippen LogP contribution < -0.4 is 5.32 Å². The number of amides is 1. The summed E-state index contributed by atoms with van der Waals surface area (Å²) < 4.78 is 25.9. The largest absolute Gasteiger partial charge is 0.324 e. The number of hydrogen-bond acceptors (Lipinski definition) is 4. The molecule has 0 saturated heterocycles. The number of aromatic nitrogens is 4. The summed E-state index contributed by atoms with van der Waals surface area (Å²) in [7, 11) is 0. The van der Waals surface area contributed by atoms with Crippen LogP contribution in [-0.2, 0) is 11.3 Å². The van der Waals surface area contributed by atoms with Crippen molar-refractivity contribution in [2.45, 2.75) is 6.54 Å². The van der Waals surface area contributed by atoms with Gasteiger partial charge in [-0.3, -0.25) is 4.79 Å². The van der Waals surface area contributed by atoms with Crippen molar-refractivity contribution >= 4 is 23.2 Å². The predicted octanol–water partition coefficient (Wildman–Crippen LogP) is 2.91. The second-order valence-electron chi connectivity index (χ2n) is 4.83. The number of halogens is 3. The average Bonchev–Trinajstić information content (AvgIpc) is 2.99. The van der Waals surface area contributed by atoms with Gasteiger partial charge < -0.3 is 5.32 Å². The Morgan fingerprint density at radius 2 is 2.00 bits per heavy atom. The maximum absolute atomic E-state index is 13.1. The molecular formula is C15H10ClF2N5O. The first-order chi connectivity index (χ1) is 11.5. The van der Waals surface area contributed by atoms with Gasteiger partial charge in [-0.25, -0.2) is 8.78 Å². The monoisotopic (exact) mass is 349 g/mol. The summed E-state index contributed by atoms with van der Waals surface area (Å²) in [6.07, 6.45) is 0. The van der Waals surface area contributed by atoms with Crippen molar-refractivity contribution in [1.82, 2.24) is 20.2 Å². The first-order valence-electron chi connectivity index (χ1n) is 6.80. The van der Waals surface area contributed by atoms with Crippen molar-refractivity contribution < 1.29 is 13.6 Å². The Labute approximate surface area is 140 Å². The van der Waals surface area contributed by atoms with Gasteiger partial charge in [-0.1, -0.05) is 23.7 Å². The van der Waals surface area contributed by atoms with Crippen LogP contribution in [0.5, 0.6) is 0 Å². The van der Waals surface area contributed by atoms with E-state index in [2.05, 4.69) is 20.7 Å². The van der Waals surface area contributed by atoms with Crippen molar-refractivity contribution in [3.63, 3.8) is 0 Å². The third kappa shape index (κ3) is 3.72. The Kier molecular flexibility index (Phi) is 4.48. The van der Waals surface area contributed by atoms with Crippen molar-refractivity contribution in [2.24, 2.45) is 0 Å². The first-order valence-corrected chi connectivity index (χ1v) is 7.18. The number of benzene rings is 2. The van der Waals surface area contributed by atoms with Gasteiger partial charge >= 0.3 is 0 Å². The van der Waals surface area contributed by atoms with Crippen LogP contribution in [0.2, 0.25) is 5.02 Å². The predicted molar refractivity (Wildman–Crippen MR) is 83.3 cm³/mol. The highest BCUT2D eigenvalue weighted by Crippen LogP contribution is 2.18. The number of carbonyl (C=O) groups excluding carboxylic acids is 1. The summed E-state index contributed by atoms with van der Waals surface area (Å²) in [6, 6.07) is 9.95. The third-order valence-corrected chi connectivity index (χ3v) is 3.26. The molecule has 2 aromatic carbocycles. The van der Waals surface area contributed by atoms with Crippen LogP contribution in [-0.4, -0.2) is 26.1 Å². The molecule has 0 fully saturated rings. The van der Waals surface area contributed by atoms with Crippen molar-refractivity contribution in [2.75, 3.05) is 5.32 Å². The van der Waals surface area contributed by atoms with E-state index in [0.717, 1.165) is 16.9 Å². The lowest BCUT2D eigenvalue weighted by molar-refractivity contribution is -0.117. The van der Waals surface area contributed by atoms with Crippen molar-refractivity contribution in [1.29, 1.82) is 0 Å². The summed E-state index contributed by atoms with van der Waals surface area (Å²) in [4.78, 5) is 13.0. The first kappa shape index (κ1) is 16.0. The number of nitrogens with zero attached hydrogens (tertiary/aromatic N) is 4. The van der Waals surface area contributed by atoms with E-state index in [1.165, 1.54) is 6.07 Å². The molecule has 24 heavy (non-hydrogen) atoms. The van der Waals surface area contributed by atoms with E-state index in [1.807, 2.05) is 0 Å². The van der Waals surface area contributed by atoms with E-state index in [0.29, 0.717) is 16.4 Å². The standard InChI is InChI=1S/C15H10ClF2N5O/c16-10-3-1-2-9(6-10)15-20-22-23(21-15)8-14(24)19-11-4-5-12(17)13(18)7-11/h1-7H,8H2,(H,19,24). The Balaban J connectivity index is 1.68. The highest BCUT2D eigenvalue weighted by Gasteiger charge is 2.11. The Morgan fingerprint density at radius 3 is 2.75 bits per heavy atom. The van der Waals surface area contributed by atoms with Gasteiger partial charge in [0.25, 0.3) is 0 Å². The molecule has 1 heterocycles. The van der Waals surface area contributed by atoms with Crippen LogP contribution in [0, 0.1) is 11.6 Å². The minimum atomic E-state index is -1.05. The molecule has 1 N–H and O–H groups in total. The SMILES string of the molecule is O=C(Cn1nnc(-c2cccc(Cl)c2)n1)Nc1ccc(F)c(F)c1. The summed E-state index contributed by atoms with van der Waals surface area (Å²) in [6.45, 7) is -0.230. The maximum Gasteiger partial charge on any atom is 0.248 e. The quantitative estimate of drug-likeness (QED) is 0.786. The summed E-state index contributed by atoms with van der Waals surface area (Å²) in [5, 5.41) is 14.6. The van der Waals surface area contributed by atoms with Crippen LogP contribution >= 0.6 is 11.6 Å². The van der Waals surface area contributed by atoms with Gasteiger partial charge in [0.2, 0.25) is 11.7 Å². The zero-order chi connectivity index (χ0) is 17.1. The minimum absolute atomic E-state index is 0.133. The van der Waals surface area contributed by atoms with Crippen molar-refractivity contribution in [3.8, 4) is 11.4 Å². The topological polar surface area (TPSA) is 72.7 Å². The smallest absolute Gasteiger partial charge is 0.248 e. The molecule has 3 aromatic rings. The van der Waals surface area contributed by atoms with Crippen LogP contribution in [0.4, 0.5) is 14.5 Å². The van der Waals surface area contributed by atoms with Crippen LogP contribution in [0.25, 0.3) is 11.4 Å². The summed E-state index contributed by atoms with van der Waals surface area (Å²) >= 11 is 5.90. The molecule has 0 radical (unpaired) electrons. The fourth-order valence-corrected chi connectivity index (χ4v) is 2.15. The van der Waals surface area contributed by atoms with E-state index in [9.17, 15) is 13.6 Å². The highest BCUT2D eigenvalue weighted by atomic mass is 35.5. The molecule has 9 heteroatoms. The highest BCUT2D eigenvalue weighted by molar-refractivity contribution is 6.30. The van der Waals surface area contributed by atoms with Crippen LogP contribution in [0.1, 0.15) is 0 Å². The van der Waals surface area contributed by atoms with E-state index in [4.69, 9.17) is 11.6 Å². The zero-order valence-electron chi connectivity index (χ0n) is 12.1. The lowest BCUT2D eigenvalue weighted by atomic mass is 10.2. The van der Waals surface area contributed by atoms with Gasteiger partial charge in [-0.15, -0.1) is 10.2 Å². The Bertz CT molecular complexity index is 899. The lowest BCUT2D eigenvalue weighted by Gasteiger charge is -2.04. The van der Waals surface area contributed by atoms with E-state index < -0.39 is 17.5 Å². The molecule has 0 aliphatic carbocycles. The Hall–Kier alpha value is -2.87. The average molecular weight is 350 g/mol. The molecule has 0 bridgehead atoms. The van der Waals surface area contributed by atoms with E-state index >= 15 is 0 Å². The normalized spacial score (nSPS) is 10.6. The number of nitrogens with one attached hydrogen (secondary N) is 1. The molecule has 6 nitrogen and oxygen atoms in total. The van der Waals surface area contributed by atoms with Gasteiger partial charge in [0.1, 0.15) is 6.54 Å². The fraction of sp³-hybridized carbons (Fsp3) is 0.0667. The fourth-order valence-electron chi connectivity index (χ4n) is 1.96. The van der Waals surface area contributed by atoms with E-state index in [-0.39, 0.29) is 12.2 Å². The van der Waals surface area contributed by atoms with Crippen LogP contribution in [0.3, 0.4) is 0 Å². The molecule has 1 aromatic heterocycles. The second kappa shape index (κ2) is 6.71. The van der Waals surface area contributed by atoms with Crippen molar-refractivity contribution in [3.05, 3.63) is 59.1 Å². The molecule has 0 saturated carbocycles. The van der Waals surface area contributed by atoms with Crippen LogP contribution in [0.15, 0.2) is 42.5 Å². The number of anilines is 1. The molecule has 0 aliphatic heterocycles. The number of tetrazole rings is 1. The van der Waals surface area contributed by atoms with Gasteiger partial charge in [0.15, 0.2) is 11.6 Å². The number of carbonyl (C=O) groups is 1. The molecule has 122 valence electrons. The molecule has 0 spiro atoms. The number of rotatable bonds is 4. The van der Waals surface area contributed by atoms with Gasteiger partial charge in [-0.2, -0.15) is 4.80 Å². The van der Waals surface area contributed by atoms with E-state index in [1.54, 1.807) is 24.3 Å². The van der Waals surface area contributed by atoms with Gasteiger partial charge in [0.05, 0.1) is 0 Å². The zero-order valence-corrected chi connectivity index (χ0v) is 12.8. The Morgan fingerprint density at radius 1 is 1.17 bits per heavy atom. The number of hydrogen-bond donors (Lipinski definition) is 1. The van der Waals surface area contributed by atoms with Gasteiger partial charge in [-0.05, 0) is 29.5 Å². The lowest BCUT2D eigenvalue weighted by Crippen LogP contribution is -2.20. The summed E-state index contributed by atoms with van der Waals surface area (Å²) in [5.74, 6) is -2.22.